The molecule has 11 rings (SSSR count). The summed E-state index contributed by atoms with van der Waals surface area (Å²) in [6, 6.07) is 54.9. The summed E-state index contributed by atoms with van der Waals surface area (Å²) in [7, 11) is 0. The van der Waals surface area contributed by atoms with Crippen molar-refractivity contribution in [2.45, 2.75) is 19.3 Å². The Morgan fingerprint density at radius 3 is 1.93 bits per heavy atom. The van der Waals surface area contributed by atoms with Gasteiger partial charge in [-0.2, -0.15) is 0 Å². The van der Waals surface area contributed by atoms with Gasteiger partial charge in [0.25, 0.3) is 0 Å². The van der Waals surface area contributed by atoms with Crippen molar-refractivity contribution in [2.24, 2.45) is 0 Å². The number of benzene rings is 8. The molecular weight excluding hydrogens is 661 g/mol. The highest BCUT2D eigenvalue weighted by Gasteiger charge is 2.35. The van der Waals surface area contributed by atoms with E-state index < -0.39 is 0 Å². The van der Waals surface area contributed by atoms with Gasteiger partial charge in [-0.15, -0.1) is 0 Å². The summed E-state index contributed by atoms with van der Waals surface area (Å²) in [4.78, 5) is 20.6. The molecule has 0 atom stereocenters. The minimum atomic E-state index is -0.0898. The van der Waals surface area contributed by atoms with Crippen LogP contribution < -0.4 is 0 Å². The van der Waals surface area contributed by atoms with Crippen molar-refractivity contribution in [1.29, 1.82) is 0 Å². The fraction of sp³-hybridized carbons (Fsp3) is 0.0612. The van der Waals surface area contributed by atoms with Crippen LogP contribution in [-0.2, 0) is 5.41 Å². The van der Waals surface area contributed by atoms with Crippen molar-refractivity contribution in [3.63, 3.8) is 0 Å². The maximum absolute atomic E-state index is 6.65. The molecule has 1 aliphatic carbocycles. The Morgan fingerprint density at radius 2 is 1.09 bits per heavy atom. The maximum Gasteiger partial charge on any atom is 0.227 e. The number of hydrogen-bond donors (Lipinski definition) is 0. The van der Waals surface area contributed by atoms with E-state index in [-0.39, 0.29) is 5.41 Å². The average molecular weight is 693 g/mol. The molecule has 254 valence electrons. The Bertz CT molecular complexity index is 3130. The van der Waals surface area contributed by atoms with Gasteiger partial charge in [-0.1, -0.05) is 141 Å². The lowest BCUT2D eigenvalue weighted by Gasteiger charge is -2.21. The van der Waals surface area contributed by atoms with Crippen molar-refractivity contribution < 1.29 is 4.42 Å². The molecule has 5 nitrogen and oxygen atoms in total. The molecule has 0 unspecified atom stereocenters. The number of nitrogens with zero attached hydrogens (tertiary/aromatic N) is 4. The van der Waals surface area contributed by atoms with Crippen molar-refractivity contribution in [3.05, 3.63) is 169 Å². The van der Waals surface area contributed by atoms with Crippen LogP contribution in [0, 0.1) is 0 Å². The Labute approximate surface area is 311 Å². The summed E-state index contributed by atoms with van der Waals surface area (Å²) < 4.78 is 6.65. The van der Waals surface area contributed by atoms with Crippen molar-refractivity contribution in [1.82, 2.24) is 19.9 Å². The van der Waals surface area contributed by atoms with Crippen LogP contribution in [0.1, 0.15) is 25.0 Å². The van der Waals surface area contributed by atoms with Gasteiger partial charge in [0, 0.05) is 38.4 Å². The predicted octanol–water partition coefficient (Wildman–Crippen LogP) is 12.4. The van der Waals surface area contributed by atoms with Gasteiger partial charge in [0.2, 0.25) is 5.89 Å². The van der Waals surface area contributed by atoms with E-state index in [2.05, 4.69) is 117 Å². The van der Waals surface area contributed by atoms with Crippen LogP contribution in [0.3, 0.4) is 0 Å². The van der Waals surface area contributed by atoms with Crippen molar-refractivity contribution in [3.8, 4) is 56.7 Å². The SMILES string of the molecule is CC1(C)c2ccccc2-c2cc(-c3nc(-c4ccccc4)nc(-c4cc5ccccc5c5c4ccc4ccc6nc(-c7ccccc7)oc6c45)n3)ccc21. The molecule has 10 aromatic rings. The number of aromatic nitrogens is 4. The predicted molar refractivity (Wildman–Crippen MR) is 219 cm³/mol. The normalized spacial score (nSPS) is 13.1. The molecule has 0 fully saturated rings. The second kappa shape index (κ2) is 11.5. The summed E-state index contributed by atoms with van der Waals surface area (Å²) in [6.07, 6.45) is 0. The lowest BCUT2D eigenvalue weighted by Crippen LogP contribution is -2.14. The van der Waals surface area contributed by atoms with Gasteiger partial charge in [0.05, 0.1) is 0 Å². The smallest absolute Gasteiger partial charge is 0.227 e. The van der Waals surface area contributed by atoms with E-state index in [1.807, 2.05) is 54.6 Å². The Morgan fingerprint density at radius 1 is 0.426 bits per heavy atom. The third-order valence-electron chi connectivity index (χ3n) is 11.1. The topological polar surface area (TPSA) is 64.7 Å². The zero-order valence-electron chi connectivity index (χ0n) is 29.7. The molecule has 0 saturated heterocycles. The van der Waals surface area contributed by atoms with E-state index in [1.54, 1.807) is 0 Å². The first-order valence-corrected chi connectivity index (χ1v) is 18.3. The zero-order valence-corrected chi connectivity index (χ0v) is 29.7. The van der Waals surface area contributed by atoms with Crippen molar-refractivity contribution >= 4 is 43.4 Å². The minimum Gasteiger partial charge on any atom is -0.435 e. The van der Waals surface area contributed by atoms with Gasteiger partial charge in [-0.25, -0.2) is 19.9 Å². The fourth-order valence-corrected chi connectivity index (χ4v) is 8.47. The van der Waals surface area contributed by atoms with Gasteiger partial charge in [0.15, 0.2) is 23.1 Å². The third kappa shape index (κ3) is 4.58. The molecule has 8 aromatic carbocycles. The Hall–Kier alpha value is -6.98. The van der Waals surface area contributed by atoms with E-state index >= 15 is 0 Å². The number of oxazole rings is 1. The first-order valence-electron chi connectivity index (χ1n) is 18.3. The number of hydrogen-bond acceptors (Lipinski definition) is 5. The van der Waals surface area contributed by atoms with Crippen LogP contribution in [0.5, 0.6) is 0 Å². The molecule has 0 bridgehead atoms. The van der Waals surface area contributed by atoms with E-state index in [1.165, 1.54) is 22.3 Å². The number of rotatable bonds is 4. The lowest BCUT2D eigenvalue weighted by molar-refractivity contribution is 0.623. The Kier molecular flexibility index (Phi) is 6.53. The largest absolute Gasteiger partial charge is 0.435 e. The zero-order chi connectivity index (χ0) is 36.0. The second-order valence-electron chi connectivity index (χ2n) is 14.6. The highest BCUT2D eigenvalue weighted by Crippen LogP contribution is 2.49. The standard InChI is InChI=1S/C49H32N4O/c1-49(2)39-20-12-11-19-35(39)37-28-33(22-25-40(37)49)46-51-45(30-13-5-3-6-14-30)52-47(53-46)38-27-32-17-9-10-18-34(32)43-36(38)24-21-29-23-26-41-44(42(29)43)54-48(50-41)31-15-7-4-8-16-31/h3-28H,1-2H3. The van der Waals surface area contributed by atoms with Gasteiger partial charge < -0.3 is 4.42 Å². The monoisotopic (exact) mass is 692 g/mol. The van der Waals surface area contributed by atoms with E-state index in [9.17, 15) is 0 Å². The van der Waals surface area contributed by atoms with Crippen LogP contribution in [0.15, 0.2) is 162 Å². The minimum absolute atomic E-state index is 0.0898. The lowest BCUT2D eigenvalue weighted by atomic mass is 9.82. The average Bonchev–Trinajstić information content (AvgIpc) is 3.77. The van der Waals surface area contributed by atoms with E-state index in [4.69, 9.17) is 24.4 Å². The van der Waals surface area contributed by atoms with Crippen LogP contribution >= 0.6 is 0 Å². The summed E-state index contributed by atoms with van der Waals surface area (Å²) >= 11 is 0. The fourth-order valence-electron chi connectivity index (χ4n) is 8.47. The van der Waals surface area contributed by atoms with Crippen LogP contribution in [-0.4, -0.2) is 19.9 Å². The second-order valence-corrected chi connectivity index (χ2v) is 14.6. The first kappa shape index (κ1) is 30.6. The maximum atomic E-state index is 6.65. The summed E-state index contributed by atoms with van der Waals surface area (Å²) in [5, 5.41) is 6.44. The number of fused-ring (bicyclic) bond motifs is 10. The van der Waals surface area contributed by atoms with Gasteiger partial charge in [0.1, 0.15) is 5.52 Å². The molecule has 1 aliphatic rings. The first-order chi connectivity index (χ1) is 26.5. The third-order valence-corrected chi connectivity index (χ3v) is 11.1. The Balaban J connectivity index is 1.19. The van der Waals surface area contributed by atoms with Crippen LogP contribution in [0.2, 0.25) is 0 Å². The molecule has 2 heterocycles. The van der Waals surface area contributed by atoms with Crippen LogP contribution in [0.25, 0.3) is 100 Å². The molecule has 0 amide bonds. The summed E-state index contributed by atoms with van der Waals surface area (Å²) in [5.74, 6) is 2.48. The molecule has 0 radical (unpaired) electrons. The van der Waals surface area contributed by atoms with Crippen molar-refractivity contribution in [2.75, 3.05) is 0 Å². The molecule has 0 spiro atoms. The molecule has 2 aromatic heterocycles. The molecule has 5 heteroatoms. The van der Waals surface area contributed by atoms with E-state index in [0.29, 0.717) is 23.4 Å². The molecule has 54 heavy (non-hydrogen) atoms. The quantitative estimate of drug-likeness (QED) is 0.172. The van der Waals surface area contributed by atoms with Gasteiger partial charge in [-0.05, 0) is 74.1 Å². The molecule has 0 N–H and O–H groups in total. The van der Waals surface area contributed by atoms with Gasteiger partial charge in [-0.3, -0.25) is 0 Å². The van der Waals surface area contributed by atoms with Gasteiger partial charge >= 0.3 is 0 Å². The molecule has 0 saturated carbocycles. The molecule has 0 aliphatic heterocycles. The molecular formula is C49H32N4O. The van der Waals surface area contributed by atoms with E-state index in [0.717, 1.165) is 65.7 Å². The van der Waals surface area contributed by atoms with Crippen LogP contribution in [0.4, 0.5) is 0 Å². The summed E-state index contributed by atoms with van der Waals surface area (Å²) in [5.41, 5.74) is 10.4. The highest BCUT2D eigenvalue weighted by molar-refractivity contribution is 6.28. The summed E-state index contributed by atoms with van der Waals surface area (Å²) in [6.45, 7) is 4.60. The highest BCUT2D eigenvalue weighted by atomic mass is 16.3.